The third-order valence-corrected chi connectivity index (χ3v) is 4.96. The Kier molecular flexibility index (Phi) is 5.47. The van der Waals surface area contributed by atoms with E-state index in [2.05, 4.69) is 5.32 Å². The molecule has 0 bridgehead atoms. The van der Waals surface area contributed by atoms with Crippen molar-refractivity contribution in [2.75, 3.05) is 19.0 Å². The fraction of sp³-hybridized carbons (Fsp3) is 0.238. The minimum atomic E-state index is -0.816. The van der Waals surface area contributed by atoms with E-state index in [1.807, 2.05) is 31.2 Å². The molecule has 1 aliphatic rings. The van der Waals surface area contributed by atoms with E-state index in [0.717, 1.165) is 17.3 Å². The van der Waals surface area contributed by atoms with Gasteiger partial charge in [-0.05, 0) is 49.8 Å². The van der Waals surface area contributed by atoms with Crippen LogP contribution in [0.15, 0.2) is 53.7 Å². The number of halogens is 2. The van der Waals surface area contributed by atoms with E-state index >= 15 is 0 Å². The molecule has 0 fully saturated rings. The zero-order chi connectivity index (χ0) is 20.6. The van der Waals surface area contributed by atoms with Crippen molar-refractivity contribution in [3.8, 4) is 0 Å². The summed E-state index contributed by atoms with van der Waals surface area (Å²) in [6.45, 7) is 3.74. The molecule has 1 atom stereocenters. The third-order valence-electron chi connectivity index (χ3n) is 4.65. The van der Waals surface area contributed by atoms with Gasteiger partial charge in [0.15, 0.2) is 5.11 Å². The second-order valence-corrected chi connectivity index (χ2v) is 7.31. The molecule has 28 heavy (non-hydrogen) atoms. The smallest absolute Gasteiger partial charge is 0.253 e. The van der Waals surface area contributed by atoms with Gasteiger partial charge in [0.1, 0.15) is 11.6 Å². The molecule has 0 radical (unpaired) electrons. The van der Waals surface area contributed by atoms with E-state index in [0.29, 0.717) is 16.4 Å². The minimum absolute atomic E-state index is 0.164. The van der Waals surface area contributed by atoms with E-state index in [9.17, 15) is 13.6 Å². The lowest BCUT2D eigenvalue weighted by molar-refractivity contribution is -0.125. The average molecular weight is 401 g/mol. The number of likely N-dealkylation sites (N-methyl/N-ethyl adjacent to an activating group) is 1. The van der Waals surface area contributed by atoms with Crippen LogP contribution in [0.3, 0.4) is 0 Å². The van der Waals surface area contributed by atoms with Gasteiger partial charge in [-0.1, -0.05) is 18.2 Å². The summed E-state index contributed by atoms with van der Waals surface area (Å²) < 4.78 is 27.9. The van der Waals surface area contributed by atoms with Gasteiger partial charge in [0.2, 0.25) is 0 Å². The van der Waals surface area contributed by atoms with Crippen LogP contribution in [-0.2, 0) is 4.79 Å². The number of rotatable bonds is 3. The molecule has 1 heterocycles. The predicted octanol–water partition coefficient (Wildman–Crippen LogP) is 4.07. The number of nitrogens with zero attached hydrogens (tertiary/aromatic N) is 2. The lowest BCUT2D eigenvalue weighted by atomic mass is 9.93. The molecule has 3 rings (SSSR count). The molecule has 1 N–H and O–H groups in total. The molecule has 0 aromatic heterocycles. The Balaban J connectivity index is 2.20. The van der Waals surface area contributed by atoms with E-state index < -0.39 is 17.7 Å². The van der Waals surface area contributed by atoms with E-state index in [1.165, 1.54) is 17.0 Å². The summed E-state index contributed by atoms with van der Waals surface area (Å²) in [4.78, 5) is 16.2. The average Bonchev–Trinajstić information content (AvgIpc) is 2.61. The van der Waals surface area contributed by atoms with Gasteiger partial charge in [-0.15, -0.1) is 0 Å². The standard InChI is InChI=1S/C21H21F2N3OS/c1-12-6-5-7-15(10-12)26-13(2)18(20(27)25(3)4)19(24-21(26)28)16-9-8-14(22)11-17(16)23/h5-11,19H,1-4H3,(H,24,28). The maximum atomic E-state index is 14.5. The van der Waals surface area contributed by atoms with Crippen molar-refractivity contribution in [2.45, 2.75) is 19.9 Å². The summed E-state index contributed by atoms with van der Waals surface area (Å²) >= 11 is 5.54. The second kappa shape index (κ2) is 7.67. The molecule has 0 saturated heterocycles. The number of amides is 1. The van der Waals surface area contributed by atoms with Crippen molar-refractivity contribution in [2.24, 2.45) is 0 Å². The molecule has 0 aliphatic carbocycles. The minimum Gasteiger partial charge on any atom is -0.351 e. The molecule has 0 saturated carbocycles. The zero-order valence-electron chi connectivity index (χ0n) is 16.1. The number of hydrogen-bond acceptors (Lipinski definition) is 2. The van der Waals surface area contributed by atoms with Crippen molar-refractivity contribution in [3.63, 3.8) is 0 Å². The highest BCUT2D eigenvalue weighted by Crippen LogP contribution is 2.35. The number of thiocarbonyl (C=S) groups is 1. The van der Waals surface area contributed by atoms with Gasteiger partial charge in [-0.25, -0.2) is 8.78 Å². The van der Waals surface area contributed by atoms with Crippen LogP contribution in [0.2, 0.25) is 0 Å². The first-order valence-electron chi connectivity index (χ1n) is 8.75. The summed E-state index contributed by atoms with van der Waals surface area (Å²) in [6.07, 6.45) is 0. The molecule has 1 unspecified atom stereocenters. The molecular formula is C21H21F2N3OS. The van der Waals surface area contributed by atoms with Crippen molar-refractivity contribution in [3.05, 3.63) is 76.5 Å². The molecule has 1 amide bonds. The Morgan fingerprint density at radius 1 is 1.14 bits per heavy atom. The van der Waals surface area contributed by atoms with Gasteiger partial charge in [0.05, 0.1) is 11.6 Å². The van der Waals surface area contributed by atoms with Crippen molar-refractivity contribution in [1.29, 1.82) is 0 Å². The normalized spacial score (nSPS) is 16.9. The summed E-state index contributed by atoms with van der Waals surface area (Å²) in [7, 11) is 3.26. The van der Waals surface area contributed by atoms with Crippen molar-refractivity contribution in [1.82, 2.24) is 10.2 Å². The lowest BCUT2D eigenvalue weighted by Gasteiger charge is -2.38. The fourth-order valence-corrected chi connectivity index (χ4v) is 3.67. The maximum absolute atomic E-state index is 14.5. The fourth-order valence-electron chi connectivity index (χ4n) is 3.31. The third kappa shape index (κ3) is 3.62. The number of carbonyl (C=O) groups is 1. The number of aryl methyl sites for hydroxylation is 1. The number of nitrogens with one attached hydrogen (secondary N) is 1. The Bertz CT molecular complexity index is 987. The summed E-state index contributed by atoms with van der Waals surface area (Å²) in [5.74, 6) is -1.69. The predicted molar refractivity (Wildman–Crippen MR) is 110 cm³/mol. The van der Waals surface area contributed by atoms with Gasteiger partial charge in [0.25, 0.3) is 5.91 Å². The molecule has 4 nitrogen and oxygen atoms in total. The van der Waals surface area contributed by atoms with Gasteiger partial charge in [0, 0.05) is 37.1 Å². The Morgan fingerprint density at radius 2 is 1.86 bits per heavy atom. The monoisotopic (exact) mass is 401 g/mol. The van der Waals surface area contributed by atoms with Gasteiger partial charge in [-0.3, -0.25) is 9.69 Å². The summed E-state index contributed by atoms with van der Waals surface area (Å²) in [6, 6.07) is 10.2. The largest absolute Gasteiger partial charge is 0.351 e. The van der Waals surface area contributed by atoms with E-state index in [4.69, 9.17) is 12.2 Å². The lowest BCUT2D eigenvalue weighted by Crippen LogP contribution is -2.49. The van der Waals surface area contributed by atoms with Crippen LogP contribution in [0.4, 0.5) is 14.5 Å². The Morgan fingerprint density at radius 3 is 2.46 bits per heavy atom. The van der Waals surface area contributed by atoms with Crippen LogP contribution in [0.1, 0.15) is 24.1 Å². The first kappa shape index (κ1) is 19.9. The van der Waals surface area contributed by atoms with Crippen LogP contribution in [0, 0.1) is 18.6 Å². The first-order chi connectivity index (χ1) is 13.2. The molecular weight excluding hydrogens is 380 g/mol. The Labute approximate surface area is 168 Å². The molecule has 2 aromatic rings. The molecule has 1 aliphatic heterocycles. The number of anilines is 1. The molecule has 7 heteroatoms. The molecule has 146 valence electrons. The zero-order valence-corrected chi connectivity index (χ0v) is 16.9. The van der Waals surface area contributed by atoms with Gasteiger partial charge in [-0.2, -0.15) is 0 Å². The maximum Gasteiger partial charge on any atom is 0.253 e. The number of hydrogen-bond donors (Lipinski definition) is 1. The van der Waals surface area contributed by atoms with E-state index in [-0.39, 0.29) is 11.5 Å². The number of allylic oxidation sites excluding steroid dienone is 1. The van der Waals surface area contributed by atoms with Crippen LogP contribution in [0.5, 0.6) is 0 Å². The summed E-state index contributed by atoms with van der Waals surface area (Å²) in [5, 5.41) is 3.41. The second-order valence-electron chi connectivity index (χ2n) is 6.92. The van der Waals surface area contributed by atoms with Gasteiger partial charge < -0.3 is 10.2 Å². The van der Waals surface area contributed by atoms with Gasteiger partial charge >= 0.3 is 0 Å². The molecule has 0 spiro atoms. The number of carbonyl (C=O) groups excluding carboxylic acids is 1. The summed E-state index contributed by atoms with van der Waals surface area (Å²) in [5.41, 5.74) is 2.96. The molecule has 2 aromatic carbocycles. The Hall–Kier alpha value is -2.80. The van der Waals surface area contributed by atoms with Crippen LogP contribution in [0.25, 0.3) is 0 Å². The van der Waals surface area contributed by atoms with Crippen LogP contribution < -0.4 is 10.2 Å². The van der Waals surface area contributed by atoms with Crippen LogP contribution in [-0.4, -0.2) is 30.0 Å². The topological polar surface area (TPSA) is 35.6 Å². The SMILES string of the molecule is CC1=C(C(=O)N(C)C)C(c2ccc(F)cc2F)NC(=S)N1c1cccc(C)c1. The number of benzene rings is 2. The van der Waals surface area contributed by atoms with Crippen LogP contribution >= 0.6 is 12.2 Å². The first-order valence-corrected chi connectivity index (χ1v) is 9.16. The quantitative estimate of drug-likeness (QED) is 0.787. The van der Waals surface area contributed by atoms with Crippen molar-refractivity contribution >= 4 is 28.9 Å². The highest BCUT2D eigenvalue weighted by atomic mass is 32.1. The highest BCUT2D eigenvalue weighted by molar-refractivity contribution is 7.80. The van der Waals surface area contributed by atoms with E-state index in [1.54, 1.807) is 25.9 Å². The van der Waals surface area contributed by atoms with Crippen molar-refractivity contribution < 1.29 is 13.6 Å². The highest BCUT2D eigenvalue weighted by Gasteiger charge is 2.36.